The second-order valence-corrected chi connectivity index (χ2v) is 9.85. The van der Waals surface area contributed by atoms with Gasteiger partial charge < -0.3 is 30.5 Å². The van der Waals surface area contributed by atoms with E-state index in [0.29, 0.717) is 12.8 Å². The average molecular weight is 586 g/mol. The maximum absolute atomic E-state index is 12.9. The summed E-state index contributed by atoms with van der Waals surface area (Å²) >= 11 is 3.02. The van der Waals surface area contributed by atoms with Gasteiger partial charge in [-0.15, -0.1) is 0 Å². The van der Waals surface area contributed by atoms with Crippen molar-refractivity contribution in [1.82, 2.24) is 16.0 Å². The molecule has 12 heteroatoms. The van der Waals surface area contributed by atoms with Crippen LogP contribution in [0.4, 0.5) is 9.59 Å². The summed E-state index contributed by atoms with van der Waals surface area (Å²) in [5.74, 6) is -2.20. The Bertz CT molecular complexity index is 905. The van der Waals surface area contributed by atoms with Gasteiger partial charge in [0.1, 0.15) is 30.1 Å². The lowest BCUT2D eigenvalue weighted by molar-refractivity contribution is -0.142. The number of ketones is 1. The standard InChI is InChI=1S/C25H36BrN3O8/c1-25(2,3)37-23(34)27-14-8-7-11-19(29-24(35)36-16-17-9-5-4-6-10-17)21(31)28-20(22(32)33)13-12-18(30)15-26/h4-6,9-10,19-20H,7-8,11-16H2,1-3H3,(H,27,34)(H,28,31)(H,29,35)(H,32,33). The van der Waals surface area contributed by atoms with Gasteiger partial charge >= 0.3 is 18.2 Å². The molecule has 0 heterocycles. The maximum Gasteiger partial charge on any atom is 0.408 e. The molecule has 0 aliphatic heterocycles. The van der Waals surface area contributed by atoms with Gasteiger partial charge in [0.2, 0.25) is 5.91 Å². The smallest absolute Gasteiger partial charge is 0.408 e. The highest BCUT2D eigenvalue weighted by atomic mass is 79.9. The molecule has 2 unspecified atom stereocenters. The van der Waals surface area contributed by atoms with Gasteiger partial charge in [-0.3, -0.25) is 9.59 Å². The van der Waals surface area contributed by atoms with Crippen LogP contribution in [0.3, 0.4) is 0 Å². The molecule has 0 saturated heterocycles. The highest BCUT2D eigenvalue weighted by Gasteiger charge is 2.27. The van der Waals surface area contributed by atoms with Gasteiger partial charge in [0, 0.05) is 13.0 Å². The topological polar surface area (TPSA) is 160 Å². The Morgan fingerprint density at radius 1 is 0.946 bits per heavy atom. The van der Waals surface area contributed by atoms with E-state index < -0.39 is 41.7 Å². The summed E-state index contributed by atoms with van der Waals surface area (Å²) in [5.41, 5.74) is 0.131. The van der Waals surface area contributed by atoms with Crippen molar-refractivity contribution in [2.24, 2.45) is 0 Å². The van der Waals surface area contributed by atoms with Crippen LogP contribution in [0.1, 0.15) is 58.4 Å². The van der Waals surface area contributed by atoms with Crippen LogP contribution in [0.25, 0.3) is 0 Å². The summed E-state index contributed by atoms with van der Waals surface area (Å²) in [6.07, 6.45) is -0.455. The van der Waals surface area contributed by atoms with Crippen LogP contribution in [0.2, 0.25) is 0 Å². The Labute approximate surface area is 225 Å². The first-order valence-electron chi connectivity index (χ1n) is 12.0. The molecule has 206 valence electrons. The number of carbonyl (C=O) groups is 5. The van der Waals surface area contributed by atoms with Crippen LogP contribution in [0.15, 0.2) is 30.3 Å². The van der Waals surface area contributed by atoms with Gasteiger partial charge in [-0.1, -0.05) is 46.3 Å². The normalized spacial score (nSPS) is 12.5. The molecular weight excluding hydrogens is 550 g/mol. The van der Waals surface area contributed by atoms with Crippen LogP contribution in [-0.4, -0.2) is 64.5 Å². The minimum atomic E-state index is -1.30. The summed E-state index contributed by atoms with van der Waals surface area (Å²) < 4.78 is 10.4. The first kappa shape index (κ1) is 31.9. The molecule has 0 aliphatic rings. The predicted octanol–water partition coefficient (Wildman–Crippen LogP) is 3.29. The summed E-state index contributed by atoms with van der Waals surface area (Å²) in [6, 6.07) is 6.59. The minimum absolute atomic E-state index is 0.00672. The van der Waals surface area contributed by atoms with Crippen LogP contribution in [0.5, 0.6) is 0 Å². The third-order valence-corrected chi connectivity index (χ3v) is 5.51. The molecular formula is C25H36BrN3O8. The Hall–Kier alpha value is -3.15. The first-order valence-corrected chi connectivity index (χ1v) is 13.1. The van der Waals surface area contributed by atoms with Crippen molar-refractivity contribution in [1.29, 1.82) is 0 Å². The van der Waals surface area contributed by atoms with Crippen molar-refractivity contribution in [3.8, 4) is 0 Å². The van der Waals surface area contributed by atoms with Crippen LogP contribution in [0, 0.1) is 0 Å². The van der Waals surface area contributed by atoms with Crippen LogP contribution >= 0.6 is 15.9 Å². The van der Waals surface area contributed by atoms with Gasteiger partial charge in [-0.25, -0.2) is 14.4 Å². The zero-order valence-corrected chi connectivity index (χ0v) is 23.0. The minimum Gasteiger partial charge on any atom is -0.480 e. The molecule has 1 aromatic rings. The fourth-order valence-corrected chi connectivity index (χ4v) is 3.34. The third-order valence-electron chi connectivity index (χ3n) is 4.88. The number of alkyl halides is 1. The molecule has 0 radical (unpaired) electrons. The van der Waals surface area contributed by atoms with E-state index in [9.17, 15) is 29.1 Å². The Morgan fingerprint density at radius 2 is 1.62 bits per heavy atom. The van der Waals surface area contributed by atoms with E-state index in [1.165, 1.54) is 0 Å². The van der Waals surface area contributed by atoms with Crippen molar-refractivity contribution in [2.75, 3.05) is 11.9 Å². The Balaban J connectivity index is 2.71. The summed E-state index contributed by atoms with van der Waals surface area (Å²) in [7, 11) is 0. The zero-order chi connectivity index (χ0) is 27.8. The molecule has 0 aliphatic carbocycles. The second-order valence-electron chi connectivity index (χ2n) is 9.29. The molecule has 0 aromatic heterocycles. The fourth-order valence-electron chi connectivity index (χ4n) is 3.06. The van der Waals surface area contributed by atoms with Gasteiger partial charge in [-0.2, -0.15) is 0 Å². The number of unbranched alkanes of at least 4 members (excludes halogenated alkanes) is 1. The number of carboxylic acids is 1. The van der Waals surface area contributed by atoms with Gasteiger partial charge in [0.25, 0.3) is 0 Å². The first-order chi connectivity index (χ1) is 17.4. The number of hydrogen-bond acceptors (Lipinski definition) is 7. The highest BCUT2D eigenvalue weighted by Crippen LogP contribution is 2.08. The molecule has 4 N–H and O–H groups in total. The molecule has 3 amide bonds. The summed E-state index contributed by atoms with van der Waals surface area (Å²) in [5, 5.41) is 17.0. The average Bonchev–Trinajstić information content (AvgIpc) is 2.83. The van der Waals surface area contributed by atoms with E-state index in [1.54, 1.807) is 45.0 Å². The van der Waals surface area contributed by atoms with Crippen molar-refractivity contribution in [3.05, 3.63) is 35.9 Å². The number of aliphatic carboxylic acids is 1. The van der Waals surface area contributed by atoms with Crippen molar-refractivity contribution < 1.29 is 38.6 Å². The van der Waals surface area contributed by atoms with Crippen molar-refractivity contribution in [3.63, 3.8) is 0 Å². The van der Waals surface area contributed by atoms with Crippen molar-refractivity contribution in [2.45, 2.75) is 77.2 Å². The number of hydrogen-bond donors (Lipinski definition) is 4. The monoisotopic (exact) mass is 585 g/mol. The van der Waals surface area contributed by atoms with Crippen molar-refractivity contribution >= 4 is 45.8 Å². The number of nitrogens with one attached hydrogen (secondary N) is 3. The summed E-state index contributed by atoms with van der Waals surface area (Å²) in [4.78, 5) is 60.2. The van der Waals surface area contributed by atoms with E-state index in [2.05, 4.69) is 31.9 Å². The number of rotatable bonds is 15. The predicted molar refractivity (Wildman–Crippen MR) is 139 cm³/mol. The SMILES string of the molecule is CC(C)(C)OC(=O)NCCCCC(NC(=O)OCc1ccccc1)C(=O)NC(CCC(=O)CBr)C(=O)O. The quantitative estimate of drug-likeness (QED) is 0.180. The lowest BCUT2D eigenvalue weighted by Crippen LogP contribution is -2.51. The number of ether oxygens (including phenoxy) is 2. The number of carbonyl (C=O) groups excluding carboxylic acids is 4. The number of carboxylic acid groups (broad SMARTS) is 1. The second kappa shape index (κ2) is 16.6. The molecule has 11 nitrogen and oxygen atoms in total. The van der Waals surface area contributed by atoms with Gasteiger partial charge in [-0.05, 0) is 52.0 Å². The van der Waals surface area contributed by atoms with E-state index in [1.807, 2.05) is 6.07 Å². The highest BCUT2D eigenvalue weighted by molar-refractivity contribution is 9.09. The molecule has 37 heavy (non-hydrogen) atoms. The summed E-state index contributed by atoms with van der Waals surface area (Å²) in [6.45, 7) is 5.52. The number of halogens is 1. The molecule has 0 spiro atoms. The molecule has 2 atom stereocenters. The van der Waals surface area contributed by atoms with Crippen LogP contribution in [-0.2, 0) is 30.5 Å². The molecule has 0 bridgehead atoms. The van der Waals surface area contributed by atoms with Crippen LogP contribution < -0.4 is 16.0 Å². The molecule has 0 fully saturated rings. The van der Waals surface area contributed by atoms with Gasteiger partial charge in [0.05, 0.1) is 5.33 Å². The number of alkyl carbamates (subject to hydrolysis) is 2. The maximum atomic E-state index is 12.9. The lowest BCUT2D eigenvalue weighted by Gasteiger charge is -2.21. The third kappa shape index (κ3) is 14.9. The van der Waals surface area contributed by atoms with Gasteiger partial charge in [0.15, 0.2) is 0 Å². The molecule has 1 aromatic carbocycles. The van der Waals surface area contributed by atoms with E-state index >= 15 is 0 Å². The zero-order valence-electron chi connectivity index (χ0n) is 21.4. The Kier molecular flexibility index (Phi) is 14.3. The Morgan fingerprint density at radius 3 is 2.22 bits per heavy atom. The number of Topliss-reactive ketones (excluding diaryl/α,β-unsaturated/α-hetero) is 1. The lowest BCUT2D eigenvalue weighted by atomic mass is 10.1. The number of benzene rings is 1. The number of amides is 3. The van der Waals surface area contributed by atoms with E-state index in [4.69, 9.17) is 9.47 Å². The fraction of sp³-hybridized carbons (Fsp3) is 0.560. The molecule has 0 saturated carbocycles. The molecule has 1 rings (SSSR count). The van der Waals surface area contributed by atoms with E-state index in [0.717, 1.165) is 5.56 Å². The largest absolute Gasteiger partial charge is 0.480 e. The van der Waals surface area contributed by atoms with E-state index in [-0.39, 0.29) is 43.5 Å².